The van der Waals surface area contributed by atoms with Crippen LogP contribution in [0.5, 0.6) is 11.5 Å². The number of imide groups is 1. The van der Waals surface area contributed by atoms with Crippen LogP contribution in [0.2, 0.25) is 0 Å². The van der Waals surface area contributed by atoms with Gasteiger partial charge in [0.1, 0.15) is 5.03 Å². The van der Waals surface area contributed by atoms with Crippen LogP contribution in [-0.4, -0.2) is 38.6 Å². The fourth-order valence-corrected chi connectivity index (χ4v) is 3.42. The third-order valence-corrected chi connectivity index (χ3v) is 5.12. The van der Waals surface area contributed by atoms with Crippen molar-refractivity contribution in [3.05, 3.63) is 58.6 Å². The highest BCUT2D eigenvalue weighted by Gasteiger charge is 2.39. The third kappa shape index (κ3) is 4.41. The Hall–Kier alpha value is -3.32. The minimum absolute atomic E-state index is 0.0449. The molecule has 2 aromatic rings. The Bertz CT molecular complexity index is 1060. The van der Waals surface area contributed by atoms with E-state index in [0.717, 1.165) is 17.7 Å². The quantitative estimate of drug-likeness (QED) is 0.346. The van der Waals surface area contributed by atoms with E-state index in [-0.39, 0.29) is 21.9 Å². The number of carbonyl (C=O) groups excluding carboxylic acids is 3. The second kappa shape index (κ2) is 9.66. The zero-order valence-electron chi connectivity index (χ0n) is 17.4. The number of ether oxygens (including phenoxy) is 3. The van der Waals surface area contributed by atoms with Gasteiger partial charge < -0.3 is 14.2 Å². The van der Waals surface area contributed by atoms with Gasteiger partial charge in [-0.1, -0.05) is 37.1 Å². The first-order valence-electron chi connectivity index (χ1n) is 9.71. The van der Waals surface area contributed by atoms with Crippen LogP contribution in [-0.2, 0) is 14.3 Å². The molecule has 8 heteroatoms. The number of halogens is 1. The number of carbonyl (C=O) groups is 3. The summed E-state index contributed by atoms with van der Waals surface area (Å²) in [6.45, 7) is 2.30. The van der Waals surface area contributed by atoms with Crippen LogP contribution < -0.4 is 14.4 Å². The summed E-state index contributed by atoms with van der Waals surface area (Å²) >= 11 is 6.26. The van der Waals surface area contributed by atoms with Crippen molar-refractivity contribution in [2.75, 3.05) is 25.7 Å². The van der Waals surface area contributed by atoms with Crippen LogP contribution in [0.15, 0.2) is 47.5 Å². The lowest BCUT2D eigenvalue weighted by molar-refractivity contribution is -0.119. The smallest absolute Gasteiger partial charge is 0.338 e. The summed E-state index contributed by atoms with van der Waals surface area (Å²) in [5.41, 5.74) is 0.931. The summed E-state index contributed by atoms with van der Waals surface area (Å²) in [6, 6.07) is 11.0. The molecule has 3 rings (SSSR count). The maximum absolute atomic E-state index is 13.1. The lowest BCUT2D eigenvalue weighted by Crippen LogP contribution is -2.31. The van der Waals surface area contributed by atoms with Gasteiger partial charge in [0.2, 0.25) is 0 Å². The van der Waals surface area contributed by atoms with Crippen molar-refractivity contribution < 1.29 is 28.6 Å². The lowest BCUT2D eigenvalue weighted by atomic mass is 10.1. The molecule has 7 nitrogen and oxygen atoms in total. The summed E-state index contributed by atoms with van der Waals surface area (Å²) in [4.78, 5) is 39.2. The van der Waals surface area contributed by atoms with Gasteiger partial charge in [-0.2, -0.15) is 0 Å². The zero-order chi connectivity index (χ0) is 22.5. The Labute approximate surface area is 185 Å². The number of hydrogen-bond donors (Lipinski definition) is 0. The minimum atomic E-state index is -0.673. The highest BCUT2D eigenvalue weighted by Crippen LogP contribution is 2.38. The van der Waals surface area contributed by atoms with Gasteiger partial charge >= 0.3 is 5.97 Å². The van der Waals surface area contributed by atoms with Crippen LogP contribution in [0.4, 0.5) is 5.69 Å². The standard InChI is InChI=1S/C23H22ClNO6/c1-4-5-11-31-23(28)15-7-6-8-16(12-15)25-21(26)19(20(24)22(25)27)14-9-10-17(29-2)18(13-14)30-3/h6-10,12-13H,4-5,11H2,1-3H3. The van der Waals surface area contributed by atoms with Crippen LogP contribution in [0.3, 0.4) is 0 Å². The lowest BCUT2D eigenvalue weighted by Gasteiger charge is -2.16. The number of hydrogen-bond acceptors (Lipinski definition) is 6. The SMILES string of the molecule is CCCCOC(=O)c1cccc(N2C(=O)C(Cl)=C(c3ccc(OC)c(OC)c3)C2=O)c1. The topological polar surface area (TPSA) is 82.1 Å². The van der Waals surface area contributed by atoms with E-state index in [4.69, 9.17) is 25.8 Å². The third-order valence-electron chi connectivity index (χ3n) is 4.77. The molecule has 0 unspecified atom stereocenters. The maximum atomic E-state index is 13.1. The molecule has 0 fully saturated rings. The fourth-order valence-electron chi connectivity index (χ4n) is 3.14. The number of esters is 1. The maximum Gasteiger partial charge on any atom is 0.338 e. The number of nitrogens with zero attached hydrogens (tertiary/aromatic N) is 1. The summed E-state index contributed by atoms with van der Waals surface area (Å²) in [6.07, 6.45) is 1.65. The molecule has 0 aromatic heterocycles. The van der Waals surface area contributed by atoms with Gasteiger partial charge in [0.05, 0.1) is 37.7 Å². The van der Waals surface area contributed by atoms with Crippen molar-refractivity contribution in [3.8, 4) is 11.5 Å². The van der Waals surface area contributed by atoms with Crippen molar-refractivity contribution in [1.82, 2.24) is 0 Å². The second-order valence-corrected chi connectivity index (χ2v) is 7.12. The van der Waals surface area contributed by atoms with Gasteiger partial charge in [0.25, 0.3) is 11.8 Å². The summed E-state index contributed by atoms with van der Waals surface area (Å²) in [5, 5.41) is -0.215. The molecule has 0 spiro atoms. The van der Waals surface area contributed by atoms with Crippen molar-refractivity contribution >= 4 is 40.6 Å². The molecule has 2 amide bonds. The summed E-state index contributed by atoms with van der Waals surface area (Å²) in [5.74, 6) is -0.918. The molecule has 0 radical (unpaired) electrons. The van der Waals surface area contributed by atoms with Crippen molar-refractivity contribution in [2.24, 2.45) is 0 Å². The number of anilines is 1. The molecule has 31 heavy (non-hydrogen) atoms. The molecule has 1 heterocycles. The largest absolute Gasteiger partial charge is 0.493 e. The van der Waals surface area contributed by atoms with E-state index < -0.39 is 17.8 Å². The van der Waals surface area contributed by atoms with Gasteiger partial charge in [-0.3, -0.25) is 9.59 Å². The highest BCUT2D eigenvalue weighted by atomic mass is 35.5. The van der Waals surface area contributed by atoms with Crippen molar-refractivity contribution in [1.29, 1.82) is 0 Å². The monoisotopic (exact) mass is 443 g/mol. The van der Waals surface area contributed by atoms with Gasteiger partial charge in [0.15, 0.2) is 11.5 Å². The van der Waals surface area contributed by atoms with Crippen LogP contribution in [0.1, 0.15) is 35.7 Å². The van der Waals surface area contributed by atoms with Gasteiger partial charge in [-0.25, -0.2) is 9.69 Å². The molecular weight excluding hydrogens is 422 g/mol. The molecule has 2 aromatic carbocycles. The average Bonchev–Trinajstić information content (AvgIpc) is 3.01. The summed E-state index contributed by atoms with van der Waals surface area (Å²) in [7, 11) is 2.96. The first-order valence-corrected chi connectivity index (χ1v) is 10.1. The highest BCUT2D eigenvalue weighted by molar-refractivity contribution is 6.60. The first-order chi connectivity index (χ1) is 14.9. The molecule has 0 bridgehead atoms. The van der Waals surface area contributed by atoms with Crippen LogP contribution in [0, 0.1) is 0 Å². The first kappa shape index (κ1) is 22.4. The Morgan fingerprint density at radius 2 is 1.74 bits per heavy atom. The van der Waals surface area contributed by atoms with E-state index in [9.17, 15) is 14.4 Å². The molecule has 1 aliphatic heterocycles. The Balaban J connectivity index is 1.91. The zero-order valence-corrected chi connectivity index (χ0v) is 18.2. The second-order valence-electron chi connectivity index (χ2n) is 6.74. The van der Waals surface area contributed by atoms with Crippen LogP contribution >= 0.6 is 11.6 Å². The normalized spacial score (nSPS) is 13.6. The number of unbranched alkanes of at least 4 members (excludes halogenated alkanes) is 1. The predicted molar refractivity (Wildman–Crippen MR) is 116 cm³/mol. The van der Waals surface area contributed by atoms with Gasteiger partial charge in [0, 0.05) is 0 Å². The fraction of sp³-hybridized carbons (Fsp3) is 0.261. The molecule has 0 N–H and O–H groups in total. The Morgan fingerprint density at radius 3 is 2.42 bits per heavy atom. The average molecular weight is 444 g/mol. The van der Waals surface area contributed by atoms with Crippen molar-refractivity contribution in [2.45, 2.75) is 19.8 Å². The Morgan fingerprint density at radius 1 is 1.00 bits per heavy atom. The number of rotatable bonds is 8. The number of amides is 2. The van der Waals surface area contributed by atoms with E-state index in [1.807, 2.05) is 6.92 Å². The molecular formula is C23H22ClNO6. The molecule has 0 saturated heterocycles. The molecule has 0 atom stereocenters. The Kier molecular flexibility index (Phi) is 6.97. The molecule has 0 aliphatic carbocycles. The molecule has 0 saturated carbocycles. The van der Waals surface area contributed by atoms with E-state index in [0.29, 0.717) is 23.7 Å². The van der Waals surface area contributed by atoms with E-state index in [2.05, 4.69) is 0 Å². The summed E-state index contributed by atoms with van der Waals surface area (Å²) < 4.78 is 15.7. The number of methoxy groups -OCH3 is 2. The van der Waals surface area contributed by atoms with Gasteiger partial charge in [-0.15, -0.1) is 0 Å². The minimum Gasteiger partial charge on any atom is -0.493 e. The number of benzene rings is 2. The van der Waals surface area contributed by atoms with Crippen LogP contribution in [0.25, 0.3) is 5.57 Å². The van der Waals surface area contributed by atoms with E-state index >= 15 is 0 Å². The van der Waals surface area contributed by atoms with Crippen molar-refractivity contribution in [3.63, 3.8) is 0 Å². The van der Waals surface area contributed by atoms with E-state index in [1.165, 1.54) is 20.3 Å². The predicted octanol–water partition coefficient (Wildman–Crippen LogP) is 4.18. The van der Waals surface area contributed by atoms with E-state index in [1.54, 1.807) is 36.4 Å². The molecule has 1 aliphatic rings. The van der Waals surface area contributed by atoms with Gasteiger partial charge in [-0.05, 0) is 42.3 Å². The molecule has 162 valence electrons.